The molecule has 0 fully saturated rings. The van der Waals surface area contributed by atoms with Crippen molar-refractivity contribution >= 4 is 22.9 Å². The molecular weight excluding hydrogens is 291 g/mol. The molecule has 6 heteroatoms. The number of nitrogens with one attached hydrogen (secondary N) is 1. The lowest BCUT2D eigenvalue weighted by molar-refractivity contribution is 0.103. The van der Waals surface area contributed by atoms with Gasteiger partial charge in [0.15, 0.2) is 0 Å². The van der Waals surface area contributed by atoms with Crippen LogP contribution in [0.25, 0.3) is 0 Å². The van der Waals surface area contributed by atoms with Gasteiger partial charge in [0.1, 0.15) is 10.7 Å². The lowest BCUT2D eigenvalue weighted by Crippen LogP contribution is -2.11. The third-order valence-electron chi connectivity index (χ3n) is 2.53. The van der Waals surface area contributed by atoms with Crippen molar-refractivity contribution in [1.82, 2.24) is 4.98 Å². The summed E-state index contributed by atoms with van der Waals surface area (Å²) in [4.78, 5) is 16.6. The average molecular weight is 304 g/mol. The number of carbonyl (C=O) groups is 1. The van der Waals surface area contributed by atoms with Crippen molar-refractivity contribution in [1.29, 1.82) is 0 Å². The maximum atomic E-state index is 13.3. The highest BCUT2D eigenvalue weighted by atomic mass is 32.1. The number of aliphatic hydroxyl groups is 1. The second-order valence-electron chi connectivity index (χ2n) is 4.16. The minimum atomic E-state index is -0.435. The van der Waals surface area contributed by atoms with Gasteiger partial charge < -0.3 is 10.4 Å². The van der Waals surface area contributed by atoms with Crippen molar-refractivity contribution in [2.24, 2.45) is 0 Å². The van der Waals surface area contributed by atoms with E-state index in [1.54, 1.807) is 0 Å². The molecule has 0 spiro atoms. The van der Waals surface area contributed by atoms with Gasteiger partial charge in [0.2, 0.25) is 0 Å². The lowest BCUT2D eigenvalue weighted by Gasteiger charge is -2.06. The third-order valence-corrected chi connectivity index (χ3v) is 3.45. The molecule has 0 aliphatic carbocycles. The molecule has 1 heterocycles. The standard InChI is InChI=1S/C15H13FN2O2S/c1-10-17-9-14(21-10)15(20)18-13-6-5-12(16)8-11(13)4-2-3-7-19/h5-6,8-9,19H,3,7H2,1H3,(H,18,20). The molecule has 2 N–H and O–H groups in total. The highest BCUT2D eigenvalue weighted by molar-refractivity contribution is 7.13. The Morgan fingerprint density at radius 3 is 3.00 bits per heavy atom. The van der Waals surface area contributed by atoms with Crippen LogP contribution in [0.1, 0.15) is 26.7 Å². The zero-order valence-corrected chi connectivity index (χ0v) is 12.1. The summed E-state index contributed by atoms with van der Waals surface area (Å²) in [6.07, 6.45) is 1.79. The minimum absolute atomic E-state index is 0.0653. The van der Waals surface area contributed by atoms with E-state index in [0.717, 1.165) is 5.01 Å². The Labute approximate surface area is 125 Å². The van der Waals surface area contributed by atoms with E-state index in [-0.39, 0.29) is 18.9 Å². The van der Waals surface area contributed by atoms with E-state index in [2.05, 4.69) is 22.1 Å². The first-order chi connectivity index (χ1) is 10.1. The SMILES string of the molecule is Cc1ncc(C(=O)Nc2ccc(F)cc2C#CCCO)s1. The molecular formula is C15H13FN2O2S. The van der Waals surface area contributed by atoms with Gasteiger partial charge >= 0.3 is 0 Å². The number of aliphatic hydroxyl groups excluding tert-OH is 1. The molecule has 4 nitrogen and oxygen atoms in total. The summed E-state index contributed by atoms with van der Waals surface area (Å²) < 4.78 is 13.3. The fourth-order valence-electron chi connectivity index (χ4n) is 1.59. The van der Waals surface area contributed by atoms with Crippen LogP contribution in [0.15, 0.2) is 24.4 Å². The Morgan fingerprint density at radius 1 is 1.52 bits per heavy atom. The molecule has 0 aliphatic rings. The zero-order valence-electron chi connectivity index (χ0n) is 11.3. The molecule has 108 valence electrons. The number of aryl methyl sites for hydroxylation is 1. The van der Waals surface area contributed by atoms with Gasteiger partial charge in [-0.1, -0.05) is 11.8 Å². The van der Waals surface area contributed by atoms with E-state index < -0.39 is 5.82 Å². The van der Waals surface area contributed by atoms with E-state index in [1.807, 2.05) is 6.92 Å². The van der Waals surface area contributed by atoms with Gasteiger partial charge in [-0.15, -0.1) is 11.3 Å². The van der Waals surface area contributed by atoms with E-state index in [4.69, 9.17) is 5.11 Å². The Bertz CT molecular complexity index is 716. The minimum Gasteiger partial charge on any atom is -0.395 e. The molecule has 1 aromatic carbocycles. The van der Waals surface area contributed by atoms with Gasteiger partial charge in [0.25, 0.3) is 5.91 Å². The fraction of sp³-hybridized carbons (Fsp3) is 0.200. The van der Waals surface area contributed by atoms with Crippen LogP contribution in [0.4, 0.5) is 10.1 Å². The van der Waals surface area contributed by atoms with Crippen molar-refractivity contribution in [3.05, 3.63) is 45.7 Å². The lowest BCUT2D eigenvalue weighted by atomic mass is 10.1. The highest BCUT2D eigenvalue weighted by Crippen LogP contribution is 2.19. The third kappa shape index (κ3) is 4.12. The molecule has 0 atom stereocenters. The molecule has 2 aromatic rings. The van der Waals surface area contributed by atoms with E-state index in [1.165, 1.54) is 35.7 Å². The monoisotopic (exact) mass is 304 g/mol. The quantitative estimate of drug-likeness (QED) is 0.857. The second-order valence-corrected chi connectivity index (χ2v) is 5.40. The van der Waals surface area contributed by atoms with Gasteiger partial charge in [-0.25, -0.2) is 9.37 Å². The number of rotatable bonds is 3. The van der Waals surface area contributed by atoms with Crippen LogP contribution in [0.3, 0.4) is 0 Å². The first-order valence-electron chi connectivity index (χ1n) is 6.23. The maximum Gasteiger partial charge on any atom is 0.267 e. The molecule has 2 rings (SSSR count). The molecule has 21 heavy (non-hydrogen) atoms. The summed E-state index contributed by atoms with van der Waals surface area (Å²) in [5.74, 6) is 4.71. The highest BCUT2D eigenvalue weighted by Gasteiger charge is 2.11. The number of hydrogen-bond acceptors (Lipinski definition) is 4. The number of carbonyl (C=O) groups excluding carboxylic acids is 1. The van der Waals surface area contributed by atoms with Crippen LogP contribution in [-0.2, 0) is 0 Å². The molecule has 0 unspecified atom stereocenters. The summed E-state index contributed by atoms with van der Waals surface area (Å²) in [5, 5.41) is 12.2. The molecule has 1 amide bonds. The number of anilines is 1. The van der Waals surface area contributed by atoms with Crippen molar-refractivity contribution < 1.29 is 14.3 Å². The van der Waals surface area contributed by atoms with Crippen molar-refractivity contribution in [3.8, 4) is 11.8 Å². The van der Waals surface area contributed by atoms with Crippen LogP contribution < -0.4 is 5.32 Å². The van der Waals surface area contributed by atoms with Gasteiger partial charge in [0.05, 0.1) is 29.1 Å². The van der Waals surface area contributed by atoms with Crippen molar-refractivity contribution in [2.45, 2.75) is 13.3 Å². The van der Waals surface area contributed by atoms with Crippen molar-refractivity contribution in [3.63, 3.8) is 0 Å². The number of amides is 1. The predicted octanol–water partition coefficient (Wildman–Crippen LogP) is 2.58. The predicted molar refractivity (Wildman–Crippen MR) is 79.8 cm³/mol. The van der Waals surface area contributed by atoms with Gasteiger partial charge in [0, 0.05) is 6.42 Å². The van der Waals surface area contributed by atoms with Crippen LogP contribution >= 0.6 is 11.3 Å². The molecule has 0 saturated carbocycles. The Kier molecular flexibility index (Phi) is 5.04. The van der Waals surface area contributed by atoms with E-state index >= 15 is 0 Å². The summed E-state index contributed by atoms with van der Waals surface area (Å²) in [6, 6.07) is 3.97. The molecule has 0 radical (unpaired) electrons. The molecule has 0 bridgehead atoms. The van der Waals surface area contributed by atoms with Crippen LogP contribution in [0.5, 0.6) is 0 Å². The summed E-state index contributed by atoms with van der Waals surface area (Å²) in [7, 11) is 0. The first-order valence-corrected chi connectivity index (χ1v) is 7.05. The number of halogens is 1. The van der Waals surface area contributed by atoms with Crippen LogP contribution in [0, 0.1) is 24.6 Å². The summed E-state index contributed by atoms with van der Waals surface area (Å²) >= 11 is 1.28. The molecule has 1 aromatic heterocycles. The normalized spacial score (nSPS) is 9.86. The maximum absolute atomic E-state index is 13.3. The first kappa shape index (κ1) is 15.2. The number of aromatic nitrogens is 1. The van der Waals surface area contributed by atoms with E-state index in [0.29, 0.717) is 16.1 Å². The summed E-state index contributed by atoms with van der Waals surface area (Å²) in [5.41, 5.74) is 0.802. The van der Waals surface area contributed by atoms with Crippen molar-refractivity contribution in [2.75, 3.05) is 11.9 Å². The number of benzene rings is 1. The Morgan fingerprint density at radius 2 is 2.33 bits per heavy atom. The van der Waals surface area contributed by atoms with Gasteiger partial charge in [-0.05, 0) is 25.1 Å². The van der Waals surface area contributed by atoms with Gasteiger partial charge in [-0.3, -0.25) is 4.79 Å². The fourth-order valence-corrected chi connectivity index (χ4v) is 2.27. The van der Waals surface area contributed by atoms with E-state index in [9.17, 15) is 9.18 Å². The summed E-state index contributed by atoms with van der Waals surface area (Å²) in [6.45, 7) is 1.75. The smallest absolute Gasteiger partial charge is 0.267 e. The van der Waals surface area contributed by atoms with Gasteiger partial charge in [-0.2, -0.15) is 0 Å². The number of hydrogen-bond donors (Lipinski definition) is 2. The number of thiazole rings is 1. The number of nitrogens with zero attached hydrogens (tertiary/aromatic N) is 1. The Balaban J connectivity index is 2.23. The molecule has 0 saturated heterocycles. The Hall–Kier alpha value is -2.23. The van der Waals surface area contributed by atoms with Crippen LogP contribution in [0.2, 0.25) is 0 Å². The van der Waals surface area contributed by atoms with Crippen LogP contribution in [-0.4, -0.2) is 22.6 Å². The zero-order chi connectivity index (χ0) is 15.2. The molecule has 0 aliphatic heterocycles. The second kappa shape index (κ2) is 6.97. The largest absolute Gasteiger partial charge is 0.395 e. The topological polar surface area (TPSA) is 62.2 Å². The average Bonchev–Trinajstić information content (AvgIpc) is 2.88.